The quantitative estimate of drug-likeness (QED) is 0.560. The lowest BCUT2D eigenvalue weighted by molar-refractivity contribution is -0.132. The lowest BCUT2D eigenvalue weighted by Crippen LogP contribution is -2.33. The molecule has 2 heterocycles. The number of H-pyrrole nitrogens is 1. The summed E-state index contributed by atoms with van der Waals surface area (Å²) in [6.07, 6.45) is 2.56. The maximum absolute atomic E-state index is 13.0. The summed E-state index contributed by atoms with van der Waals surface area (Å²) >= 11 is 6.98. The van der Waals surface area contributed by atoms with E-state index in [2.05, 4.69) is 10.2 Å². The summed E-state index contributed by atoms with van der Waals surface area (Å²) < 4.78 is 7.67. The van der Waals surface area contributed by atoms with Crippen molar-refractivity contribution in [2.24, 2.45) is 0 Å². The maximum Gasteiger partial charge on any atom is 0.224 e. The lowest BCUT2D eigenvalue weighted by atomic mass is 10.2. The number of nitrogens with zero attached hydrogens (tertiary/aromatic N) is 3. The average Bonchev–Trinajstić information content (AvgIpc) is 3.27. The minimum Gasteiger partial charge on any atom is -0.497 e. The predicted octanol–water partition coefficient (Wildman–Crippen LogP) is 4.26. The van der Waals surface area contributed by atoms with E-state index in [1.54, 1.807) is 18.4 Å². The Bertz CT molecular complexity index is 988. The van der Waals surface area contributed by atoms with Crippen LogP contribution in [0.15, 0.2) is 41.8 Å². The van der Waals surface area contributed by atoms with Crippen molar-refractivity contribution >= 4 is 29.5 Å². The van der Waals surface area contributed by atoms with Gasteiger partial charge in [-0.25, -0.2) is 0 Å². The van der Waals surface area contributed by atoms with Gasteiger partial charge in [-0.1, -0.05) is 18.2 Å². The third-order valence-electron chi connectivity index (χ3n) is 4.87. The molecular formula is C20H22N4O2S2. The smallest absolute Gasteiger partial charge is 0.224 e. The second kappa shape index (κ2) is 8.28. The summed E-state index contributed by atoms with van der Waals surface area (Å²) in [6.45, 7) is 1.15. The number of carbonyl (C=O) groups excluding carboxylic acids is 1. The lowest BCUT2D eigenvalue weighted by Gasteiger charge is -2.23. The van der Waals surface area contributed by atoms with Crippen molar-refractivity contribution in [1.29, 1.82) is 0 Å². The van der Waals surface area contributed by atoms with Gasteiger partial charge in [0.2, 0.25) is 5.91 Å². The summed E-state index contributed by atoms with van der Waals surface area (Å²) in [7, 11) is 1.65. The topological polar surface area (TPSA) is 63.1 Å². The number of methoxy groups -OCH3 is 1. The molecule has 0 atom stereocenters. The van der Waals surface area contributed by atoms with Gasteiger partial charge in [-0.05, 0) is 54.2 Å². The monoisotopic (exact) mass is 414 g/mol. The SMILES string of the molecule is COc1ccc(CN(C(=O)CCn2c(-c3cccs3)n[nH]c2=S)C2CC2)cc1. The second-order valence-electron chi connectivity index (χ2n) is 6.83. The van der Waals surface area contributed by atoms with Crippen LogP contribution in [-0.4, -0.2) is 38.7 Å². The molecule has 146 valence electrons. The number of hydrogen-bond donors (Lipinski definition) is 1. The van der Waals surface area contributed by atoms with Gasteiger partial charge in [0.15, 0.2) is 10.6 Å². The number of benzene rings is 1. The minimum atomic E-state index is 0.151. The number of thiophene rings is 1. The predicted molar refractivity (Wildman–Crippen MR) is 112 cm³/mol. The number of aromatic amines is 1. The minimum absolute atomic E-state index is 0.151. The van der Waals surface area contributed by atoms with E-state index in [9.17, 15) is 4.79 Å². The molecule has 0 saturated heterocycles. The summed E-state index contributed by atoms with van der Waals surface area (Å²) in [5, 5.41) is 9.19. The molecule has 8 heteroatoms. The fourth-order valence-corrected chi connectivity index (χ4v) is 4.15. The van der Waals surface area contributed by atoms with E-state index in [4.69, 9.17) is 17.0 Å². The van der Waals surface area contributed by atoms with Crippen molar-refractivity contribution in [1.82, 2.24) is 19.7 Å². The Hall–Kier alpha value is -2.45. The fourth-order valence-electron chi connectivity index (χ4n) is 3.20. The molecule has 1 fully saturated rings. The molecule has 1 aliphatic rings. The maximum atomic E-state index is 13.0. The first-order chi connectivity index (χ1) is 13.7. The van der Waals surface area contributed by atoms with Crippen molar-refractivity contribution in [3.05, 3.63) is 52.1 Å². The number of ether oxygens (including phenoxy) is 1. The largest absolute Gasteiger partial charge is 0.497 e. The van der Waals surface area contributed by atoms with Crippen LogP contribution in [0.25, 0.3) is 10.7 Å². The molecule has 0 aliphatic heterocycles. The Morgan fingerprint density at radius 1 is 1.36 bits per heavy atom. The van der Waals surface area contributed by atoms with E-state index in [0.29, 0.717) is 30.3 Å². The molecule has 0 spiro atoms. The zero-order chi connectivity index (χ0) is 19.5. The molecule has 0 radical (unpaired) electrons. The Labute approximate surface area is 172 Å². The van der Waals surface area contributed by atoms with Crippen molar-refractivity contribution in [2.75, 3.05) is 7.11 Å². The molecule has 4 rings (SSSR count). The van der Waals surface area contributed by atoms with Crippen LogP contribution in [0.1, 0.15) is 24.8 Å². The van der Waals surface area contributed by atoms with Crippen LogP contribution in [0.4, 0.5) is 0 Å². The number of carbonyl (C=O) groups is 1. The Balaban J connectivity index is 1.44. The number of nitrogens with one attached hydrogen (secondary N) is 1. The van der Waals surface area contributed by atoms with Crippen molar-refractivity contribution in [3.8, 4) is 16.5 Å². The zero-order valence-electron chi connectivity index (χ0n) is 15.6. The van der Waals surface area contributed by atoms with Gasteiger partial charge in [0.25, 0.3) is 0 Å². The van der Waals surface area contributed by atoms with E-state index < -0.39 is 0 Å². The van der Waals surface area contributed by atoms with Gasteiger partial charge in [0.1, 0.15) is 5.75 Å². The molecular weight excluding hydrogens is 392 g/mol. The average molecular weight is 415 g/mol. The third-order valence-corrected chi connectivity index (χ3v) is 6.05. The van der Waals surface area contributed by atoms with Crippen molar-refractivity contribution in [3.63, 3.8) is 0 Å². The molecule has 0 bridgehead atoms. The van der Waals surface area contributed by atoms with E-state index in [1.165, 1.54) is 0 Å². The fraction of sp³-hybridized carbons (Fsp3) is 0.350. The highest BCUT2D eigenvalue weighted by Crippen LogP contribution is 2.30. The first kappa shape index (κ1) is 18.9. The van der Waals surface area contributed by atoms with Crippen molar-refractivity contribution in [2.45, 2.75) is 38.4 Å². The standard InChI is InChI=1S/C20H22N4O2S2/c1-26-16-8-4-14(5-9-16)13-24(15-6-7-15)18(25)10-11-23-19(21-22-20(23)27)17-3-2-12-28-17/h2-5,8-9,12,15H,6-7,10-11,13H2,1H3,(H,22,27). The van der Waals surface area contributed by atoms with Crippen LogP contribution in [0.5, 0.6) is 5.75 Å². The Kier molecular flexibility index (Phi) is 5.59. The van der Waals surface area contributed by atoms with Gasteiger partial charge in [0.05, 0.1) is 12.0 Å². The number of amides is 1. The van der Waals surface area contributed by atoms with E-state index >= 15 is 0 Å². The molecule has 2 aromatic heterocycles. The van der Waals surface area contributed by atoms with Crippen LogP contribution < -0.4 is 4.74 Å². The second-order valence-corrected chi connectivity index (χ2v) is 8.17. The van der Waals surface area contributed by atoms with Crippen LogP contribution in [0, 0.1) is 4.77 Å². The Morgan fingerprint density at radius 2 is 2.14 bits per heavy atom. The summed E-state index contributed by atoms with van der Waals surface area (Å²) in [4.78, 5) is 16.0. The number of rotatable bonds is 8. The number of aromatic nitrogens is 3. The molecule has 1 aromatic carbocycles. The molecule has 0 unspecified atom stereocenters. The van der Waals surface area contributed by atoms with E-state index in [-0.39, 0.29) is 5.91 Å². The molecule has 3 aromatic rings. The van der Waals surface area contributed by atoms with Gasteiger partial charge < -0.3 is 9.64 Å². The number of hydrogen-bond acceptors (Lipinski definition) is 5. The zero-order valence-corrected chi connectivity index (χ0v) is 17.3. The van der Waals surface area contributed by atoms with Crippen LogP contribution in [0.3, 0.4) is 0 Å². The van der Waals surface area contributed by atoms with Crippen LogP contribution in [0.2, 0.25) is 0 Å². The molecule has 28 heavy (non-hydrogen) atoms. The van der Waals surface area contributed by atoms with Gasteiger partial charge in [-0.15, -0.1) is 11.3 Å². The molecule has 1 amide bonds. The highest BCUT2D eigenvalue weighted by molar-refractivity contribution is 7.71. The van der Waals surface area contributed by atoms with E-state index in [0.717, 1.165) is 34.9 Å². The highest BCUT2D eigenvalue weighted by atomic mass is 32.1. The van der Waals surface area contributed by atoms with Gasteiger partial charge in [0, 0.05) is 25.6 Å². The summed E-state index contributed by atoms with van der Waals surface area (Å²) in [6, 6.07) is 12.2. The van der Waals surface area contributed by atoms with Crippen molar-refractivity contribution < 1.29 is 9.53 Å². The van der Waals surface area contributed by atoms with Crippen LogP contribution in [-0.2, 0) is 17.9 Å². The molecule has 1 N–H and O–H groups in total. The van der Waals surface area contributed by atoms with Gasteiger partial charge in [-0.3, -0.25) is 14.5 Å². The van der Waals surface area contributed by atoms with Crippen LogP contribution >= 0.6 is 23.6 Å². The first-order valence-electron chi connectivity index (χ1n) is 9.27. The molecule has 6 nitrogen and oxygen atoms in total. The third kappa shape index (κ3) is 4.18. The molecule has 1 aliphatic carbocycles. The van der Waals surface area contributed by atoms with Gasteiger partial charge >= 0.3 is 0 Å². The summed E-state index contributed by atoms with van der Waals surface area (Å²) in [5.74, 6) is 1.77. The first-order valence-corrected chi connectivity index (χ1v) is 10.6. The van der Waals surface area contributed by atoms with E-state index in [1.807, 2.05) is 51.2 Å². The Morgan fingerprint density at radius 3 is 2.79 bits per heavy atom. The summed E-state index contributed by atoms with van der Waals surface area (Å²) in [5.41, 5.74) is 1.11. The van der Waals surface area contributed by atoms with Gasteiger partial charge in [-0.2, -0.15) is 5.10 Å². The molecule has 1 saturated carbocycles. The normalized spacial score (nSPS) is 13.5. The highest BCUT2D eigenvalue weighted by Gasteiger charge is 2.32.